The number of nitrogens with one attached hydrogen (secondary N) is 1. The minimum absolute atomic E-state index is 0.0284. The topological polar surface area (TPSA) is 105 Å². The third kappa shape index (κ3) is 2.79. The van der Waals surface area contributed by atoms with Crippen LogP contribution in [0.3, 0.4) is 0 Å². The van der Waals surface area contributed by atoms with E-state index in [1.165, 1.54) is 0 Å². The molecule has 0 fully saturated rings. The van der Waals surface area contributed by atoms with Crippen LogP contribution in [0.4, 0.5) is 0 Å². The number of benzene rings is 1. The Hall–Kier alpha value is -1.06. The normalized spacial score (nSPS) is 14.0. The predicted octanol–water partition coefficient (Wildman–Crippen LogP) is -0.148. The highest BCUT2D eigenvalue weighted by Crippen LogP contribution is 2.24. The SMILES string of the molecule is NC(O)CNS(=O)(=O)c1nc2ccccc2s1. The van der Waals surface area contributed by atoms with Crippen LogP contribution < -0.4 is 10.5 Å². The van der Waals surface area contributed by atoms with Crippen LogP contribution in [0, 0.1) is 0 Å². The molecule has 0 spiro atoms. The molecule has 2 aromatic rings. The molecule has 0 saturated carbocycles. The highest BCUT2D eigenvalue weighted by Gasteiger charge is 2.19. The first-order chi connectivity index (χ1) is 7.99. The molecule has 0 aliphatic heterocycles. The summed E-state index contributed by atoms with van der Waals surface area (Å²) >= 11 is 1.07. The summed E-state index contributed by atoms with van der Waals surface area (Å²) < 4.78 is 26.5. The van der Waals surface area contributed by atoms with E-state index in [4.69, 9.17) is 10.8 Å². The van der Waals surface area contributed by atoms with E-state index in [1.54, 1.807) is 18.2 Å². The molecule has 92 valence electrons. The van der Waals surface area contributed by atoms with Crippen LogP contribution in [0.2, 0.25) is 0 Å². The van der Waals surface area contributed by atoms with E-state index >= 15 is 0 Å². The van der Waals surface area contributed by atoms with Crippen molar-refractivity contribution in [1.82, 2.24) is 9.71 Å². The van der Waals surface area contributed by atoms with Gasteiger partial charge in [-0.3, -0.25) is 0 Å². The Morgan fingerprint density at radius 1 is 1.47 bits per heavy atom. The number of hydrogen-bond donors (Lipinski definition) is 3. The second-order valence-electron chi connectivity index (χ2n) is 3.37. The molecule has 6 nitrogen and oxygen atoms in total. The molecule has 4 N–H and O–H groups in total. The van der Waals surface area contributed by atoms with E-state index < -0.39 is 16.3 Å². The van der Waals surface area contributed by atoms with Crippen LogP contribution >= 0.6 is 11.3 Å². The van der Waals surface area contributed by atoms with Crippen molar-refractivity contribution in [3.63, 3.8) is 0 Å². The van der Waals surface area contributed by atoms with Gasteiger partial charge in [0.25, 0.3) is 10.0 Å². The van der Waals surface area contributed by atoms with E-state index in [0.717, 1.165) is 16.0 Å². The largest absolute Gasteiger partial charge is 0.377 e. The first-order valence-corrected chi connectivity index (χ1v) is 7.08. The van der Waals surface area contributed by atoms with Crippen molar-refractivity contribution in [3.8, 4) is 0 Å². The van der Waals surface area contributed by atoms with Gasteiger partial charge >= 0.3 is 0 Å². The van der Waals surface area contributed by atoms with Crippen molar-refractivity contribution in [2.24, 2.45) is 5.73 Å². The lowest BCUT2D eigenvalue weighted by Crippen LogP contribution is -2.36. The first-order valence-electron chi connectivity index (χ1n) is 4.78. The fourth-order valence-corrected chi connectivity index (χ4v) is 3.54. The van der Waals surface area contributed by atoms with Crippen LogP contribution in [0.25, 0.3) is 10.2 Å². The molecule has 0 bridgehead atoms. The lowest BCUT2D eigenvalue weighted by Gasteiger charge is -2.05. The van der Waals surface area contributed by atoms with E-state index in [-0.39, 0.29) is 10.9 Å². The molecule has 0 aliphatic rings. The fraction of sp³-hybridized carbons (Fsp3) is 0.222. The summed E-state index contributed by atoms with van der Waals surface area (Å²) in [7, 11) is -3.70. The maximum atomic E-state index is 11.8. The average Bonchev–Trinajstić information content (AvgIpc) is 2.71. The van der Waals surface area contributed by atoms with Gasteiger partial charge in [-0.25, -0.2) is 18.1 Å². The quantitative estimate of drug-likeness (QED) is 0.672. The number of nitrogens with zero attached hydrogens (tertiary/aromatic N) is 1. The summed E-state index contributed by atoms with van der Waals surface area (Å²) in [6.07, 6.45) is -1.22. The minimum Gasteiger partial charge on any atom is -0.377 e. The Labute approximate surface area is 102 Å². The molecule has 0 saturated heterocycles. The first kappa shape index (κ1) is 12.4. The van der Waals surface area contributed by atoms with Crippen LogP contribution in [0.5, 0.6) is 0 Å². The molecule has 1 heterocycles. The Kier molecular flexibility index (Phi) is 3.40. The number of rotatable bonds is 4. The zero-order valence-electron chi connectivity index (χ0n) is 8.70. The van der Waals surface area contributed by atoms with Crippen LogP contribution in [-0.4, -0.2) is 31.3 Å². The number of aromatic nitrogens is 1. The summed E-state index contributed by atoms with van der Waals surface area (Å²) in [4.78, 5) is 4.01. The van der Waals surface area contributed by atoms with Gasteiger partial charge < -0.3 is 10.8 Å². The molecule has 0 aliphatic carbocycles. The van der Waals surface area contributed by atoms with Crippen LogP contribution in [-0.2, 0) is 10.0 Å². The Morgan fingerprint density at radius 3 is 2.82 bits per heavy atom. The van der Waals surface area contributed by atoms with Gasteiger partial charge in [-0.1, -0.05) is 12.1 Å². The predicted molar refractivity (Wildman–Crippen MR) is 65.0 cm³/mol. The third-order valence-electron chi connectivity index (χ3n) is 1.99. The second-order valence-corrected chi connectivity index (χ2v) is 6.34. The molecule has 0 amide bonds. The monoisotopic (exact) mass is 273 g/mol. The summed E-state index contributed by atoms with van der Waals surface area (Å²) in [5.74, 6) is 0. The number of para-hydroxylation sites is 1. The smallest absolute Gasteiger partial charge is 0.268 e. The van der Waals surface area contributed by atoms with E-state index in [9.17, 15) is 8.42 Å². The molecule has 1 aromatic carbocycles. The molecular weight excluding hydrogens is 262 g/mol. The van der Waals surface area contributed by atoms with Crippen molar-refractivity contribution in [1.29, 1.82) is 0 Å². The summed E-state index contributed by atoms with van der Waals surface area (Å²) in [5.41, 5.74) is 5.70. The number of nitrogens with two attached hydrogens (primary N) is 1. The highest BCUT2D eigenvalue weighted by molar-refractivity contribution is 7.91. The molecule has 2 rings (SSSR count). The van der Waals surface area contributed by atoms with Crippen LogP contribution in [0.1, 0.15) is 0 Å². The molecule has 8 heteroatoms. The number of aliphatic hydroxyl groups is 1. The average molecular weight is 273 g/mol. The third-order valence-corrected chi connectivity index (χ3v) is 4.82. The van der Waals surface area contributed by atoms with E-state index in [0.29, 0.717) is 5.52 Å². The summed E-state index contributed by atoms with van der Waals surface area (Å²) in [5, 5.41) is 8.84. The van der Waals surface area contributed by atoms with Crippen LogP contribution in [0.15, 0.2) is 28.6 Å². The maximum Gasteiger partial charge on any atom is 0.268 e. The zero-order chi connectivity index (χ0) is 12.5. The molecule has 0 radical (unpaired) electrons. The van der Waals surface area contributed by atoms with Crippen molar-refractivity contribution in [2.75, 3.05) is 6.54 Å². The fourth-order valence-electron chi connectivity index (χ4n) is 1.22. The van der Waals surface area contributed by atoms with E-state index in [2.05, 4.69) is 9.71 Å². The standard InChI is InChI=1S/C9H11N3O3S2/c10-8(13)5-11-17(14,15)9-12-6-3-1-2-4-7(6)16-9/h1-4,8,11,13H,5,10H2. The van der Waals surface area contributed by atoms with Gasteiger partial charge in [-0.15, -0.1) is 11.3 Å². The van der Waals surface area contributed by atoms with Crippen molar-refractivity contribution in [2.45, 2.75) is 10.6 Å². The highest BCUT2D eigenvalue weighted by atomic mass is 32.2. The van der Waals surface area contributed by atoms with Gasteiger partial charge in [0.05, 0.1) is 16.8 Å². The van der Waals surface area contributed by atoms with Gasteiger partial charge in [0.15, 0.2) is 0 Å². The van der Waals surface area contributed by atoms with Crippen molar-refractivity contribution in [3.05, 3.63) is 24.3 Å². The van der Waals surface area contributed by atoms with Gasteiger partial charge in [0.1, 0.15) is 6.23 Å². The molecule has 1 unspecified atom stereocenters. The van der Waals surface area contributed by atoms with Gasteiger partial charge in [0.2, 0.25) is 4.34 Å². The Morgan fingerprint density at radius 2 is 2.18 bits per heavy atom. The van der Waals surface area contributed by atoms with Gasteiger partial charge in [-0.2, -0.15) is 0 Å². The summed E-state index contributed by atoms with van der Waals surface area (Å²) in [6.45, 7) is -0.238. The number of thiazole rings is 1. The van der Waals surface area contributed by atoms with E-state index in [1.807, 2.05) is 6.07 Å². The summed E-state index contributed by atoms with van der Waals surface area (Å²) in [6, 6.07) is 7.13. The lowest BCUT2D eigenvalue weighted by molar-refractivity contribution is 0.186. The Balaban J connectivity index is 2.32. The van der Waals surface area contributed by atoms with Gasteiger partial charge in [0, 0.05) is 0 Å². The minimum atomic E-state index is -3.70. The van der Waals surface area contributed by atoms with Crippen molar-refractivity contribution >= 4 is 31.6 Å². The van der Waals surface area contributed by atoms with Gasteiger partial charge in [-0.05, 0) is 12.1 Å². The number of sulfonamides is 1. The second kappa shape index (κ2) is 4.67. The lowest BCUT2D eigenvalue weighted by atomic mass is 10.3. The number of hydrogen-bond acceptors (Lipinski definition) is 6. The maximum absolute atomic E-state index is 11.8. The molecule has 1 aromatic heterocycles. The molecule has 17 heavy (non-hydrogen) atoms. The number of fused-ring (bicyclic) bond motifs is 1. The number of aliphatic hydroxyl groups excluding tert-OH is 1. The zero-order valence-corrected chi connectivity index (χ0v) is 10.3. The molecule has 1 atom stereocenters. The molecular formula is C9H11N3O3S2. The Bertz CT molecular complexity index is 588. The van der Waals surface area contributed by atoms with Crippen molar-refractivity contribution < 1.29 is 13.5 Å².